The van der Waals surface area contributed by atoms with E-state index in [1.807, 2.05) is 16.2 Å². The van der Waals surface area contributed by atoms with Crippen LogP contribution in [0.3, 0.4) is 0 Å². The molecule has 0 saturated carbocycles. The Morgan fingerprint density at radius 3 is 3.18 bits per heavy atom. The Balaban J connectivity index is 1.86. The Hall–Kier alpha value is -1.23. The molecule has 0 amide bonds. The number of fused-ring (bicyclic) bond motifs is 1. The molecule has 1 fully saturated rings. The largest absolute Gasteiger partial charge is 0.506 e. The summed E-state index contributed by atoms with van der Waals surface area (Å²) in [6.45, 7) is 0. The number of rotatable bonds is 2. The summed E-state index contributed by atoms with van der Waals surface area (Å²) in [4.78, 5) is 0. The number of thioether (sulfide) groups is 1. The van der Waals surface area contributed by atoms with E-state index in [1.54, 1.807) is 18.3 Å². The first-order valence-electron chi connectivity index (χ1n) is 5.93. The number of aromatic nitrogens is 3. The maximum Gasteiger partial charge on any atom is 0.161 e. The summed E-state index contributed by atoms with van der Waals surface area (Å²) in [7, 11) is 0. The van der Waals surface area contributed by atoms with Crippen molar-refractivity contribution in [2.45, 2.75) is 19.3 Å². The van der Waals surface area contributed by atoms with E-state index < -0.39 is 0 Å². The van der Waals surface area contributed by atoms with E-state index in [1.165, 1.54) is 24.3 Å². The van der Waals surface area contributed by atoms with Crippen molar-refractivity contribution >= 4 is 17.4 Å². The lowest BCUT2D eigenvalue weighted by molar-refractivity contribution is 0.469. The maximum atomic E-state index is 9.50. The van der Waals surface area contributed by atoms with Crippen LogP contribution in [0.25, 0.3) is 5.65 Å². The smallest absolute Gasteiger partial charge is 0.161 e. The Morgan fingerprint density at radius 2 is 2.35 bits per heavy atom. The van der Waals surface area contributed by atoms with E-state index in [2.05, 4.69) is 10.2 Å². The first kappa shape index (κ1) is 10.9. The van der Waals surface area contributed by atoms with Crippen LogP contribution in [-0.2, 0) is 6.42 Å². The van der Waals surface area contributed by atoms with Gasteiger partial charge in [-0.05, 0) is 42.4 Å². The molecule has 0 spiro atoms. The van der Waals surface area contributed by atoms with E-state index in [9.17, 15) is 5.11 Å². The predicted octanol–water partition coefficient (Wildman–Crippen LogP) is 2.12. The van der Waals surface area contributed by atoms with Gasteiger partial charge in [0.2, 0.25) is 0 Å². The van der Waals surface area contributed by atoms with Crippen molar-refractivity contribution in [1.29, 1.82) is 0 Å². The number of aromatic hydroxyl groups is 1. The number of pyridine rings is 1. The molecule has 17 heavy (non-hydrogen) atoms. The van der Waals surface area contributed by atoms with E-state index in [-0.39, 0.29) is 5.75 Å². The number of hydrogen-bond donors (Lipinski definition) is 1. The standard InChI is InChI=1S/C12H15N3OS/c16-10-3-4-11-13-14-12(15(11)7-10)6-9-2-1-5-17-8-9/h3-4,7,9,16H,1-2,5-6,8H2. The van der Waals surface area contributed by atoms with Gasteiger partial charge in [-0.1, -0.05) is 0 Å². The fourth-order valence-electron chi connectivity index (χ4n) is 2.29. The van der Waals surface area contributed by atoms with Gasteiger partial charge in [-0.2, -0.15) is 11.8 Å². The van der Waals surface area contributed by atoms with Gasteiger partial charge in [-0.3, -0.25) is 4.40 Å². The zero-order valence-electron chi connectivity index (χ0n) is 9.54. The van der Waals surface area contributed by atoms with Crippen LogP contribution in [0.5, 0.6) is 5.75 Å². The molecule has 1 aliphatic heterocycles. The first-order valence-corrected chi connectivity index (χ1v) is 7.09. The van der Waals surface area contributed by atoms with Crippen molar-refractivity contribution in [3.8, 4) is 5.75 Å². The Bertz CT molecular complexity index is 519. The van der Waals surface area contributed by atoms with Crippen molar-refractivity contribution < 1.29 is 5.11 Å². The molecule has 90 valence electrons. The van der Waals surface area contributed by atoms with E-state index in [4.69, 9.17) is 0 Å². The average Bonchev–Trinajstić information content (AvgIpc) is 2.73. The van der Waals surface area contributed by atoms with Crippen LogP contribution in [0.4, 0.5) is 0 Å². The maximum absolute atomic E-state index is 9.50. The van der Waals surface area contributed by atoms with Crippen LogP contribution in [-0.4, -0.2) is 31.2 Å². The molecule has 0 aromatic carbocycles. The summed E-state index contributed by atoms with van der Waals surface area (Å²) in [5.41, 5.74) is 0.807. The van der Waals surface area contributed by atoms with Gasteiger partial charge in [0.05, 0.1) is 6.20 Å². The van der Waals surface area contributed by atoms with Crippen LogP contribution in [0.1, 0.15) is 18.7 Å². The molecule has 5 heteroatoms. The van der Waals surface area contributed by atoms with Crippen molar-refractivity contribution in [1.82, 2.24) is 14.6 Å². The molecule has 0 aliphatic carbocycles. The summed E-state index contributed by atoms with van der Waals surface area (Å²) in [6, 6.07) is 3.44. The van der Waals surface area contributed by atoms with E-state index in [0.717, 1.165) is 17.9 Å². The van der Waals surface area contributed by atoms with Gasteiger partial charge in [0.1, 0.15) is 11.6 Å². The molecule has 3 rings (SSSR count). The molecule has 1 N–H and O–H groups in total. The van der Waals surface area contributed by atoms with Gasteiger partial charge < -0.3 is 5.11 Å². The summed E-state index contributed by atoms with van der Waals surface area (Å²) in [5.74, 6) is 4.43. The third-order valence-electron chi connectivity index (χ3n) is 3.18. The molecule has 1 saturated heterocycles. The molecule has 0 radical (unpaired) electrons. The zero-order valence-corrected chi connectivity index (χ0v) is 10.4. The minimum Gasteiger partial charge on any atom is -0.506 e. The molecule has 1 unspecified atom stereocenters. The molecule has 1 aliphatic rings. The monoisotopic (exact) mass is 249 g/mol. The topological polar surface area (TPSA) is 50.4 Å². The zero-order chi connectivity index (χ0) is 11.7. The van der Waals surface area contributed by atoms with Crippen LogP contribution in [0.15, 0.2) is 18.3 Å². The van der Waals surface area contributed by atoms with Gasteiger partial charge >= 0.3 is 0 Å². The van der Waals surface area contributed by atoms with Gasteiger partial charge in [-0.25, -0.2) is 0 Å². The van der Waals surface area contributed by atoms with Crippen LogP contribution < -0.4 is 0 Å². The molecular formula is C12H15N3OS. The highest BCUT2D eigenvalue weighted by molar-refractivity contribution is 7.99. The van der Waals surface area contributed by atoms with E-state index >= 15 is 0 Å². The molecule has 4 nitrogen and oxygen atoms in total. The van der Waals surface area contributed by atoms with Crippen LogP contribution >= 0.6 is 11.8 Å². The second kappa shape index (κ2) is 4.56. The minimum atomic E-state index is 0.261. The summed E-state index contributed by atoms with van der Waals surface area (Å²) in [5, 5.41) is 17.8. The number of hydrogen-bond acceptors (Lipinski definition) is 4. The predicted molar refractivity (Wildman–Crippen MR) is 68.4 cm³/mol. The Morgan fingerprint density at radius 1 is 1.41 bits per heavy atom. The second-order valence-corrected chi connectivity index (χ2v) is 5.67. The van der Waals surface area contributed by atoms with Crippen molar-refractivity contribution in [2.75, 3.05) is 11.5 Å². The summed E-state index contributed by atoms with van der Waals surface area (Å²) in [6.07, 6.45) is 5.23. The SMILES string of the molecule is Oc1ccc2nnc(CC3CCCSC3)n2c1. The summed E-state index contributed by atoms with van der Waals surface area (Å²) >= 11 is 2.03. The van der Waals surface area contributed by atoms with Gasteiger partial charge in [0, 0.05) is 6.42 Å². The molecular weight excluding hydrogens is 234 g/mol. The van der Waals surface area contributed by atoms with Gasteiger partial charge in [0.15, 0.2) is 5.65 Å². The van der Waals surface area contributed by atoms with Crippen molar-refractivity contribution in [3.63, 3.8) is 0 Å². The highest BCUT2D eigenvalue weighted by Gasteiger charge is 2.17. The Kier molecular flexibility index (Phi) is 2.93. The van der Waals surface area contributed by atoms with E-state index in [0.29, 0.717) is 5.92 Å². The second-order valence-electron chi connectivity index (χ2n) is 4.52. The molecule has 1 atom stereocenters. The lowest BCUT2D eigenvalue weighted by atomic mass is 10.0. The lowest BCUT2D eigenvalue weighted by Crippen LogP contribution is -2.14. The molecule has 0 bridgehead atoms. The van der Waals surface area contributed by atoms with Crippen LogP contribution in [0, 0.1) is 5.92 Å². The molecule has 2 aromatic rings. The fraction of sp³-hybridized carbons (Fsp3) is 0.500. The van der Waals surface area contributed by atoms with Crippen LogP contribution in [0.2, 0.25) is 0 Å². The van der Waals surface area contributed by atoms with Gasteiger partial charge in [0.25, 0.3) is 0 Å². The van der Waals surface area contributed by atoms with Crippen molar-refractivity contribution in [3.05, 3.63) is 24.2 Å². The average molecular weight is 249 g/mol. The number of nitrogens with zero attached hydrogens (tertiary/aromatic N) is 3. The summed E-state index contributed by atoms with van der Waals surface area (Å²) < 4.78 is 1.90. The lowest BCUT2D eigenvalue weighted by Gasteiger charge is -2.20. The minimum absolute atomic E-state index is 0.261. The van der Waals surface area contributed by atoms with Crippen molar-refractivity contribution in [2.24, 2.45) is 5.92 Å². The fourth-order valence-corrected chi connectivity index (χ4v) is 3.45. The quantitative estimate of drug-likeness (QED) is 0.885. The molecule has 3 heterocycles. The normalized spacial score (nSPS) is 20.8. The first-order chi connectivity index (χ1) is 8.33. The Labute approximate surface area is 104 Å². The highest BCUT2D eigenvalue weighted by Crippen LogP contribution is 2.25. The van der Waals surface area contributed by atoms with Gasteiger partial charge in [-0.15, -0.1) is 10.2 Å². The third-order valence-corrected chi connectivity index (χ3v) is 4.47. The molecule has 2 aromatic heterocycles. The third kappa shape index (κ3) is 2.24. The highest BCUT2D eigenvalue weighted by atomic mass is 32.2.